The molecule has 0 aliphatic carbocycles. The van der Waals surface area contributed by atoms with E-state index in [1.54, 1.807) is 24.4 Å². The Morgan fingerprint density at radius 1 is 0.967 bits per heavy atom. The molecule has 0 fully saturated rings. The number of aromatic nitrogens is 1. The molecule has 4 aromatic rings. The van der Waals surface area contributed by atoms with Crippen LogP contribution in [0.4, 0.5) is 4.39 Å². The zero-order valence-electron chi connectivity index (χ0n) is 16.5. The highest BCUT2D eigenvalue weighted by atomic mass is 32.2. The molecule has 4 nitrogen and oxygen atoms in total. The van der Waals surface area contributed by atoms with Crippen LogP contribution in [0.1, 0.15) is 12.0 Å². The molecule has 5 rings (SSSR count). The Bertz CT molecular complexity index is 1420. The third-order valence-electron chi connectivity index (χ3n) is 5.77. The summed E-state index contributed by atoms with van der Waals surface area (Å²) >= 11 is 0. The van der Waals surface area contributed by atoms with Crippen LogP contribution < -0.4 is 0 Å². The fraction of sp³-hybridized carbons (Fsp3) is 0.167. The SMILES string of the molecule is CN1CC=C(c2cn(S(=O)(=O)c3ccc4ccccc4c3)c3ccc(F)cc23)CC1. The highest BCUT2D eigenvalue weighted by molar-refractivity contribution is 7.90. The molecule has 0 saturated carbocycles. The summed E-state index contributed by atoms with van der Waals surface area (Å²) < 4.78 is 42.5. The second-order valence-electron chi connectivity index (χ2n) is 7.76. The number of hydrogen-bond acceptors (Lipinski definition) is 3. The summed E-state index contributed by atoms with van der Waals surface area (Å²) in [6, 6.07) is 17.1. The van der Waals surface area contributed by atoms with Crippen LogP contribution in [0.2, 0.25) is 0 Å². The summed E-state index contributed by atoms with van der Waals surface area (Å²) in [5.74, 6) is -0.377. The van der Waals surface area contributed by atoms with Crippen molar-refractivity contribution in [2.75, 3.05) is 20.1 Å². The zero-order chi connectivity index (χ0) is 20.9. The van der Waals surface area contributed by atoms with Crippen molar-refractivity contribution in [1.29, 1.82) is 0 Å². The maximum absolute atomic E-state index is 14.1. The van der Waals surface area contributed by atoms with E-state index < -0.39 is 10.0 Å². The minimum atomic E-state index is -3.84. The molecule has 152 valence electrons. The van der Waals surface area contributed by atoms with Crippen LogP contribution >= 0.6 is 0 Å². The van der Waals surface area contributed by atoms with Gasteiger partial charge in [-0.1, -0.05) is 36.4 Å². The monoisotopic (exact) mass is 420 g/mol. The third-order valence-corrected chi connectivity index (χ3v) is 7.44. The van der Waals surface area contributed by atoms with Crippen molar-refractivity contribution in [3.05, 3.63) is 84.3 Å². The molecule has 2 heterocycles. The van der Waals surface area contributed by atoms with Gasteiger partial charge in [0, 0.05) is 30.2 Å². The van der Waals surface area contributed by atoms with E-state index in [-0.39, 0.29) is 10.7 Å². The third kappa shape index (κ3) is 3.13. The first-order chi connectivity index (χ1) is 14.4. The maximum Gasteiger partial charge on any atom is 0.268 e. The van der Waals surface area contributed by atoms with Crippen molar-refractivity contribution < 1.29 is 12.8 Å². The van der Waals surface area contributed by atoms with Gasteiger partial charge in [-0.25, -0.2) is 16.8 Å². The number of likely N-dealkylation sites (N-methyl/N-ethyl adjacent to an activating group) is 1. The second kappa shape index (κ2) is 7.07. The number of rotatable bonds is 3. The Balaban J connectivity index is 1.71. The van der Waals surface area contributed by atoms with E-state index in [1.165, 1.54) is 16.1 Å². The minimum Gasteiger partial charge on any atom is -0.302 e. The lowest BCUT2D eigenvalue weighted by Crippen LogP contribution is -2.23. The van der Waals surface area contributed by atoms with Crippen LogP contribution in [0.3, 0.4) is 0 Å². The van der Waals surface area contributed by atoms with Crippen LogP contribution in [-0.2, 0) is 10.0 Å². The highest BCUT2D eigenvalue weighted by Crippen LogP contribution is 2.34. The lowest BCUT2D eigenvalue weighted by Gasteiger charge is -2.21. The van der Waals surface area contributed by atoms with Gasteiger partial charge in [-0.15, -0.1) is 0 Å². The van der Waals surface area contributed by atoms with Crippen molar-refractivity contribution in [3.8, 4) is 0 Å². The Morgan fingerprint density at radius 2 is 1.77 bits per heavy atom. The smallest absolute Gasteiger partial charge is 0.268 e. The van der Waals surface area contributed by atoms with E-state index >= 15 is 0 Å². The van der Waals surface area contributed by atoms with Gasteiger partial charge in [0.25, 0.3) is 10.0 Å². The van der Waals surface area contributed by atoms with Gasteiger partial charge in [-0.2, -0.15) is 0 Å². The van der Waals surface area contributed by atoms with E-state index in [4.69, 9.17) is 0 Å². The molecule has 0 N–H and O–H groups in total. The topological polar surface area (TPSA) is 42.3 Å². The van der Waals surface area contributed by atoms with Gasteiger partial charge in [-0.05, 0) is 60.1 Å². The predicted octanol–water partition coefficient (Wildman–Crippen LogP) is 4.89. The summed E-state index contributed by atoms with van der Waals surface area (Å²) in [6.07, 6.45) is 4.53. The van der Waals surface area contributed by atoms with E-state index in [0.29, 0.717) is 10.9 Å². The average Bonchev–Trinajstić information content (AvgIpc) is 3.13. The second-order valence-corrected chi connectivity index (χ2v) is 9.57. The highest BCUT2D eigenvalue weighted by Gasteiger charge is 2.24. The molecule has 0 unspecified atom stereocenters. The molecule has 30 heavy (non-hydrogen) atoms. The van der Waals surface area contributed by atoms with E-state index in [0.717, 1.165) is 41.4 Å². The molecule has 6 heteroatoms. The van der Waals surface area contributed by atoms with Crippen molar-refractivity contribution in [2.24, 2.45) is 0 Å². The average molecular weight is 421 g/mol. The number of fused-ring (bicyclic) bond motifs is 2. The Kier molecular flexibility index (Phi) is 4.49. The predicted molar refractivity (Wildman–Crippen MR) is 119 cm³/mol. The molecule has 0 amide bonds. The first kappa shape index (κ1) is 19.0. The molecule has 0 bridgehead atoms. The lowest BCUT2D eigenvalue weighted by molar-refractivity contribution is 0.370. The molecule has 0 radical (unpaired) electrons. The van der Waals surface area contributed by atoms with Crippen LogP contribution in [0.15, 0.2) is 77.8 Å². The molecule has 3 aromatic carbocycles. The van der Waals surface area contributed by atoms with Gasteiger partial charge >= 0.3 is 0 Å². The van der Waals surface area contributed by atoms with Gasteiger partial charge in [0.1, 0.15) is 5.82 Å². The number of halogens is 1. The number of benzene rings is 3. The van der Waals surface area contributed by atoms with Crippen LogP contribution in [0, 0.1) is 5.82 Å². The standard InChI is InChI=1S/C24H21FN2O2S/c1-26-12-10-18(11-13-26)23-16-27(24-9-7-20(25)15-22(23)24)30(28,29)21-8-6-17-4-2-3-5-19(17)14-21/h2-10,14-16H,11-13H2,1H3. The van der Waals surface area contributed by atoms with Crippen molar-refractivity contribution >= 4 is 37.3 Å². The van der Waals surface area contributed by atoms with Crippen molar-refractivity contribution in [2.45, 2.75) is 11.3 Å². The first-order valence-corrected chi connectivity index (χ1v) is 11.3. The van der Waals surface area contributed by atoms with E-state index in [2.05, 4.69) is 11.0 Å². The van der Waals surface area contributed by atoms with Crippen LogP contribution in [0.5, 0.6) is 0 Å². The van der Waals surface area contributed by atoms with Gasteiger partial charge in [0.2, 0.25) is 0 Å². The molecule has 0 spiro atoms. The molecule has 0 saturated heterocycles. The Morgan fingerprint density at radius 3 is 2.53 bits per heavy atom. The molecule has 1 aromatic heterocycles. The normalized spacial score (nSPS) is 15.6. The molecular formula is C24H21FN2O2S. The lowest BCUT2D eigenvalue weighted by atomic mass is 9.99. The van der Waals surface area contributed by atoms with E-state index in [1.807, 2.05) is 37.4 Å². The van der Waals surface area contributed by atoms with E-state index in [9.17, 15) is 12.8 Å². The first-order valence-electron chi connectivity index (χ1n) is 9.86. The minimum absolute atomic E-state index is 0.214. The van der Waals surface area contributed by atoms with Crippen molar-refractivity contribution in [1.82, 2.24) is 8.87 Å². The Labute approximate surface area is 174 Å². The molecular weight excluding hydrogens is 399 g/mol. The molecule has 0 atom stereocenters. The zero-order valence-corrected chi connectivity index (χ0v) is 17.4. The van der Waals surface area contributed by atoms with Gasteiger partial charge < -0.3 is 4.90 Å². The summed E-state index contributed by atoms with van der Waals surface area (Å²) in [5, 5.41) is 2.46. The van der Waals surface area contributed by atoms with Gasteiger partial charge in [0.15, 0.2) is 0 Å². The van der Waals surface area contributed by atoms with Gasteiger partial charge in [-0.3, -0.25) is 0 Å². The van der Waals surface area contributed by atoms with Gasteiger partial charge in [0.05, 0.1) is 10.4 Å². The maximum atomic E-state index is 14.1. The van der Waals surface area contributed by atoms with Crippen molar-refractivity contribution in [3.63, 3.8) is 0 Å². The largest absolute Gasteiger partial charge is 0.302 e. The molecule has 1 aliphatic heterocycles. The van der Waals surface area contributed by atoms with Crippen LogP contribution in [-0.4, -0.2) is 37.4 Å². The summed E-state index contributed by atoms with van der Waals surface area (Å²) in [7, 11) is -1.80. The fourth-order valence-corrected chi connectivity index (χ4v) is 5.49. The Hall–Kier alpha value is -2.96. The summed E-state index contributed by atoms with van der Waals surface area (Å²) in [4.78, 5) is 2.40. The summed E-state index contributed by atoms with van der Waals surface area (Å²) in [6.45, 7) is 1.67. The number of nitrogens with zero attached hydrogens (tertiary/aromatic N) is 2. The number of hydrogen-bond donors (Lipinski definition) is 0. The van der Waals surface area contributed by atoms with Crippen LogP contribution in [0.25, 0.3) is 27.2 Å². The summed E-state index contributed by atoms with van der Waals surface area (Å²) in [5.41, 5.74) is 2.32. The molecule has 1 aliphatic rings. The quantitative estimate of drug-likeness (QED) is 0.474. The fourth-order valence-electron chi connectivity index (χ4n) is 4.08.